The van der Waals surface area contributed by atoms with Crippen molar-refractivity contribution in [2.75, 3.05) is 4.90 Å². The van der Waals surface area contributed by atoms with E-state index in [9.17, 15) is 0 Å². The molecule has 0 saturated heterocycles. The Kier molecular flexibility index (Phi) is 8.17. The monoisotopic (exact) mass is 777 g/mol. The SMILES string of the molecule is c1ccc(N(c2ccc(-c3ccc4c(c3)c3ccccc3n4-c3ccccc3)cc2)c2ccc(-c3ccc4c(c3)c3ccccc3n4-c3cccc4ccccc34)cc2)cc1. The van der Waals surface area contributed by atoms with Crippen LogP contribution in [0.15, 0.2) is 237 Å². The van der Waals surface area contributed by atoms with Crippen LogP contribution in [0.1, 0.15) is 0 Å². The number of fused-ring (bicyclic) bond motifs is 7. The molecule has 0 N–H and O–H groups in total. The molecule has 61 heavy (non-hydrogen) atoms. The number of hydrogen-bond donors (Lipinski definition) is 0. The first-order valence-electron chi connectivity index (χ1n) is 20.9. The number of nitrogens with zero attached hydrogens (tertiary/aromatic N) is 3. The highest BCUT2D eigenvalue weighted by atomic mass is 15.1. The van der Waals surface area contributed by atoms with Crippen LogP contribution >= 0.6 is 0 Å². The highest BCUT2D eigenvalue weighted by Crippen LogP contribution is 2.40. The summed E-state index contributed by atoms with van der Waals surface area (Å²) in [6.45, 7) is 0. The molecule has 0 spiro atoms. The van der Waals surface area contributed by atoms with Gasteiger partial charge in [0.15, 0.2) is 0 Å². The Morgan fingerprint density at radius 1 is 0.262 bits per heavy atom. The van der Waals surface area contributed by atoms with E-state index in [1.165, 1.54) is 88.0 Å². The molecule has 3 nitrogen and oxygen atoms in total. The quantitative estimate of drug-likeness (QED) is 0.157. The fourth-order valence-corrected chi connectivity index (χ4v) is 9.45. The van der Waals surface area contributed by atoms with Crippen LogP contribution in [-0.4, -0.2) is 9.13 Å². The van der Waals surface area contributed by atoms with Gasteiger partial charge in [0.05, 0.1) is 27.8 Å². The van der Waals surface area contributed by atoms with E-state index in [1.54, 1.807) is 0 Å². The minimum absolute atomic E-state index is 1.10. The highest BCUT2D eigenvalue weighted by Gasteiger charge is 2.18. The molecule has 286 valence electrons. The van der Waals surface area contributed by atoms with Crippen molar-refractivity contribution in [1.29, 1.82) is 0 Å². The summed E-state index contributed by atoms with van der Waals surface area (Å²) in [4.78, 5) is 2.34. The van der Waals surface area contributed by atoms with E-state index < -0.39 is 0 Å². The average molecular weight is 778 g/mol. The van der Waals surface area contributed by atoms with Crippen molar-refractivity contribution in [3.8, 4) is 33.6 Å². The molecule has 0 bridgehead atoms. The summed E-state index contributed by atoms with van der Waals surface area (Å²) in [5.74, 6) is 0. The van der Waals surface area contributed by atoms with Crippen molar-refractivity contribution >= 4 is 71.4 Å². The Labute approximate surface area is 354 Å². The summed E-state index contributed by atoms with van der Waals surface area (Å²) < 4.78 is 4.79. The maximum absolute atomic E-state index is 2.42. The summed E-state index contributed by atoms with van der Waals surface area (Å²) in [5, 5.41) is 7.49. The first kappa shape index (κ1) is 34.9. The molecule has 0 aliphatic heterocycles. The van der Waals surface area contributed by atoms with E-state index in [2.05, 4.69) is 251 Å². The predicted molar refractivity (Wildman–Crippen MR) is 258 cm³/mol. The molecule has 0 saturated carbocycles. The summed E-state index contributed by atoms with van der Waals surface area (Å²) in [6, 6.07) is 85.8. The molecular weight excluding hydrogens is 739 g/mol. The van der Waals surface area contributed by atoms with E-state index in [4.69, 9.17) is 0 Å². The number of anilines is 3. The lowest BCUT2D eigenvalue weighted by molar-refractivity contribution is 1.18. The van der Waals surface area contributed by atoms with Gasteiger partial charge in [-0.05, 0) is 119 Å². The first-order valence-corrected chi connectivity index (χ1v) is 20.9. The fourth-order valence-electron chi connectivity index (χ4n) is 9.45. The van der Waals surface area contributed by atoms with E-state index in [-0.39, 0.29) is 0 Å². The lowest BCUT2D eigenvalue weighted by Gasteiger charge is -2.26. The summed E-state index contributed by atoms with van der Waals surface area (Å²) in [6.07, 6.45) is 0. The Balaban J connectivity index is 0.899. The summed E-state index contributed by atoms with van der Waals surface area (Å²) >= 11 is 0. The van der Waals surface area contributed by atoms with Crippen LogP contribution in [0.2, 0.25) is 0 Å². The predicted octanol–water partition coefficient (Wildman–Crippen LogP) is 15.8. The van der Waals surface area contributed by atoms with Crippen molar-refractivity contribution in [2.24, 2.45) is 0 Å². The van der Waals surface area contributed by atoms with Gasteiger partial charge in [0.1, 0.15) is 0 Å². The van der Waals surface area contributed by atoms with Gasteiger partial charge in [-0.1, -0.05) is 146 Å². The maximum Gasteiger partial charge on any atom is 0.0541 e. The average Bonchev–Trinajstić information content (AvgIpc) is 3.85. The van der Waals surface area contributed by atoms with Crippen LogP contribution in [0.5, 0.6) is 0 Å². The largest absolute Gasteiger partial charge is 0.311 e. The molecule has 3 heteroatoms. The Morgan fingerprint density at radius 2 is 0.689 bits per heavy atom. The third-order valence-electron chi connectivity index (χ3n) is 12.3. The van der Waals surface area contributed by atoms with E-state index in [1.807, 2.05) is 0 Å². The molecule has 10 aromatic carbocycles. The smallest absolute Gasteiger partial charge is 0.0541 e. The van der Waals surface area contributed by atoms with Crippen LogP contribution in [-0.2, 0) is 0 Å². The molecule has 2 aromatic heterocycles. The van der Waals surface area contributed by atoms with Gasteiger partial charge in [-0.3, -0.25) is 0 Å². The zero-order valence-corrected chi connectivity index (χ0v) is 33.4. The first-order chi connectivity index (χ1) is 30.3. The minimum Gasteiger partial charge on any atom is -0.311 e. The number of aromatic nitrogens is 2. The second kappa shape index (κ2) is 14.3. The van der Waals surface area contributed by atoms with Gasteiger partial charge in [-0.15, -0.1) is 0 Å². The second-order valence-corrected chi connectivity index (χ2v) is 15.8. The summed E-state index contributed by atoms with van der Waals surface area (Å²) in [5.41, 5.74) is 15.3. The molecular formula is C58H39N3. The van der Waals surface area contributed by atoms with Gasteiger partial charge >= 0.3 is 0 Å². The highest BCUT2D eigenvalue weighted by molar-refractivity contribution is 6.12. The number of rotatable bonds is 7. The van der Waals surface area contributed by atoms with Gasteiger partial charge in [-0.2, -0.15) is 0 Å². The third-order valence-corrected chi connectivity index (χ3v) is 12.3. The molecule has 12 aromatic rings. The summed E-state index contributed by atoms with van der Waals surface area (Å²) in [7, 11) is 0. The van der Waals surface area contributed by atoms with Gasteiger partial charge < -0.3 is 14.0 Å². The van der Waals surface area contributed by atoms with Crippen molar-refractivity contribution in [3.05, 3.63) is 237 Å². The number of hydrogen-bond acceptors (Lipinski definition) is 1. The second-order valence-electron chi connectivity index (χ2n) is 15.8. The minimum atomic E-state index is 1.10. The molecule has 0 atom stereocenters. The normalized spacial score (nSPS) is 11.6. The zero-order chi connectivity index (χ0) is 40.3. The van der Waals surface area contributed by atoms with Gasteiger partial charge in [-0.25, -0.2) is 0 Å². The van der Waals surface area contributed by atoms with Crippen molar-refractivity contribution in [3.63, 3.8) is 0 Å². The van der Waals surface area contributed by atoms with Crippen LogP contribution in [0.3, 0.4) is 0 Å². The lowest BCUT2D eigenvalue weighted by Crippen LogP contribution is -2.09. The number of benzene rings is 10. The van der Waals surface area contributed by atoms with Crippen molar-refractivity contribution < 1.29 is 0 Å². The maximum atomic E-state index is 2.42. The Hall–Kier alpha value is -8.14. The molecule has 0 aliphatic rings. The van der Waals surface area contributed by atoms with Crippen LogP contribution in [0.25, 0.3) is 88.0 Å². The molecule has 0 fully saturated rings. The van der Waals surface area contributed by atoms with Crippen molar-refractivity contribution in [2.45, 2.75) is 0 Å². The molecule has 0 amide bonds. The van der Waals surface area contributed by atoms with Gasteiger partial charge in [0, 0.05) is 49.7 Å². The van der Waals surface area contributed by atoms with Gasteiger partial charge in [0.25, 0.3) is 0 Å². The molecule has 0 aliphatic carbocycles. The fraction of sp³-hybridized carbons (Fsp3) is 0. The van der Waals surface area contributed by atoms with Crippen LogP contribution in [0, 0.1) is 0 Å². The van der Waals surface area contributed by atoms with E-state index in [0.29, 0.717) is 0 Å². The van der Waals surface area contributed by atoms with Gasteiger partial charge in [0.2, 0.25) is 0 Å². The Morgan fingerprint density at radius 3 is 1.30 bits per heavy atom. The standard InChI is InChI=1S/C58H39N3/c1-3-16-45(17-4-1)59(47-32-26-40(27-33-47)43-30-36-57-52(38-43)50-21-9-11-23-55(50)60(57)46-18-5-2-6-19-46)48-34-28-41(29-35-48)44-31-37-58-53(39-44)51-22-10-12-24-56(51)61(58)54-25-13-15-42-14-7-8-20-49(42)54/h1-39H. The molecule has 12 rings (SSSR count). The van der Waals surface area contributed by atoms with E-state index in [0.717, 1.165) is 17.1 Å². The van der Waals surface area contributed by atoms with Crippen LogP contribution < -0.4 is 4.90 Å². The molecule has 0 unspecified atom stereocenters. The molecule has 0 radical (unpaired) electrons. The van der Waals surface area contributed by atoms with Crippen molar-refractivity contribution in [1.82, 2.24) is 9.13 Å². The number of para-hydroxylation sites is 4. The van der Waals surface area contributed by atoms with Crippen LogP contribution in [0.4, 0.5) is 17.1 Å². The topological polar surface area (TPSA) is 13.1 Å². The zero-order valence-electron chi connectivity index (χ0n) is 33.4. The molecule has 2 heterocycles. The Bertz CT molecular complexity index is 3560. The third kappa shape index (κ3) is 5.82. The van der Waals surface area contributed by atoms with E-state index >= 15 is 0 Å². The lowest BCUT2D eigenvalue weighted by atomic mass is 10.0.